The Kier molecular flexibility index (Phi) is 3.50. The minimum atomic E-state index is -0.373. The minimum Gasteiger partial charge on any atom is -0.357 e. The van der Waals surface area contributed by atoms with Crippen molar-refractivity contribution in [1.82, 2.24) is 4.98 Å². The zero-order chi connectivity index (χ0) is 13.9. The number of nitro groups is 1. The molecular formula is C15H17N3O2. The van der Waals surface area contributed by atoms with E-state index in [2.05, 4.69) is 9.88 Å². The summed E-state index contributed by atoms with van der Waals surface area (Å²) < 4.78 is 0. The van der Waals surface area contributed by atoms with E-state index in [1.54, 1.807) is 12.1 Å². The molecule has 0 unspecified atom stereocenters. The summed E-state index contributed by atoms with van der Waals surface area (Å²) in [5.41, 5.74) is 0.930. The van der Waals surface area contributed by atoms with Gasteiger partial charge in [0.1, 0.15) is 5.82 Å². The Morgan fingerprint density at radius 3 is 2.50 bits per heavy atom. The molecule has 1 saturated heterocycles. The van der Waals surface area contributed by atoms with Crippen molar-refractivity contribution in [3.05, 3.63) is 40.4 Å². The molecule has 5 heteroatoms. The van der Waals surface area contributed by atoms with Crippen LogP contribution in [0.5, 0.6) is 0 Å². The lowest BCUT2D eigenvalue weighted by Gasteiger charge is -2.21. The lowest BCUT2D eigenvalue weighted by molar-refractivity contribution is -0.384. The van der Waals surface area contributed by atoms with E-state index in [4.69, 9.17) is 0 Å². The number of nitro benzene ring substituents is 1. The van der Waals surface area contributed by atoms with Crippen molar-refractivity contribution < 1.29 is 4.92 Å². The van der Waals surface area contributed by atoms with Crippen LogP contribution in [0.25, 0.3) is 10.9 Å². The van der Waals surface area contributed by atoms with Crippen molar-refractivity contribution in [2.75, 3.05) is 18.0 Å². The number of nitrogens with zero attached hydrogens (tertiary/aromatic N) is 3. The number of rotatable bonds is 2. The maximum absolute atomic E-state index is 10.8. The Labute approximate surface area is 117 Å². The summed E-state index contributed by atoms with van der Waals surface area (Å²) in [6, 6.07) is 8.72. The Balaban J connectivity index is 1.94. The van der Waals surface area contributed by atoms with Gasteiger partial charge >= 0.3 is 0 Å². The van der Waals surface area contributed by atoms with Crippen molar-refractivity contribution in [3.8, 4) is 0 Å². The molecule has 0 spiro atoms. The van der Waals surface area contributed by atoms with Crippen LogP contribution in [0.2, 0.25) is 0 Å². The van der Waals surface area contributed by atoms with E-state index >= 15 is 0 Å². The van der Waals surface area contributed by atoms with Gasteiger partial charge in [-0.15, -0.1) is 0 Å². The quantitative estimate of drug-likeness (QED) is 0.619. The smallest absolute Gasteiger partial charge is 0.270 e. The summed E-state index contributed by atoms with van der Waals surface area (Å²) in [6.45, 7) is 2.09. The lowest BCUT2D eigenvalue weighted by Crippen LogP contribution is -2.24. The van der Waals surface area contributed by atoms with Gasteiger partial charge in [0.05, 0.1) is 10.4 Å². The van der Waals surface area contributed by atoms with E-state index in [1.165, 1.54) is 31.7 Å². The largest absolute Gasteiger partial charge is 0.357 e. The fourth-order valence-corrected chi connectivity index (χ4v) is 2.69. The summed E-state index contributed by atoms with van der Waals surface area (Å²) >= 11 is 0. The first-order valence-electron chi connectivity index (χ1n) is 7.04. The summed E-state index contributed by atoms with van der Waals surface area (Å²) in [7, 11) is 0. The second kappa shape index (κ2) is 5.45. The molecule has 0 aliphatic carbocycles. The van der Waals surface area contributed by atoms with Crippen LogP contribution in [0, 0.1) is 10.1 Å². The number of hydrogen-bond donors (Lipinski definition) is 0. The van der Waals surface area contributed by atoms with Crippen LogP contribution in [0.15, 0.2) is 30.3 Å². The third-order valence-electron chi connectivity index (χ3n) is 3.80. The lowest BCUT2D eigenvalue weighted by atomic mass is 10.2. The molecule has 1 aromatic carbocycles. The normalized spacial score (nSPS) is 16.1. The second-order valence-corrected chi connectivity index (χ2v) is 5.20. The van der Waals surface area contributed by atoms with E-state index in [9.17, 15) is 10.1 Å². The van der Waals surface area contributed by atoms with Gasteiger partial charge in [-0.3, -0.25) is 10.1 Å². The standard InChI is InChI=1S/C15H17N3O2/c19-18(20)13-6-7-14-12(11-13)5-8-15(16-14)17-9-3-1-2-4-10-17/h5-8,11H,1-4,9-10H2. The molecule has 1 fully saturated rings. The molecular weight excluding hydrogens is 254 g/mol. The topological polar surface area (TPSA) is 59.3 Å². The monoisotopic (exact) mass is 271 g/mol. The SMILES string of the molecule is O=[N+]([O-])c1ccc2nc(N3CCCCCC3)ccc2c1. The summed E-state index contributed by atoms with van der Waals surface area (Å²) in [5, 5.41) is 11.6. The first-order valence-corrected chi connectivity index (χ1v) is 7.04. The molecule has 20 heavy (non-hydrogen) atoms. The van der Waals surface area contributed by atoms with Gasteiger partial charge in [-0.05, 0) is 31.0 Å². The molecule has 0 saturated carbocycles. The molecule has 2 aromatic rings. The Hall–Kier alpha value is -2.17. The van der Waals surface area contributed by atoms with Gasteiger partial charge in [0.2, 0.25) is 0 Å². The molecule has 104 valence electrons. The summed E-state index contributed by atoms with van der Waals surface area (Å²) in [5.74, 6) is 0.980. The molecule has 0 N–H and O–H groups in total. The number of pyridine rings is 1. The van der Waals surface area contributed by atoms with Crippen LogP contribution in [0.1, 0.15) is 25.7 Å². The maximum atomic E-state index is 10.8. The zero-order valence-electron chi connectivity index (χ0n) is 11.3. The van der Waals surface area contributed by atoms with Crippen LogP contribution in [0.3, 0.4) is 0 Å². The number of benzene rings is 1. The van der Waals surface area contributed by atoms with Crippen molar-refractivity contribution in [3.63, 3.8) is 0 Å². The number of hydrogen-bond acceptors (Lipinski definition) is 4. The second-order valence-electron chi connectivity index (χ2n) is 5.20. The molecule has 3 rings (SSSR count). The highest BCUT2D eigenvalue weighted by atomic mass is 16.6. The Morgan fingerprint density at radius 1 is 1.05 bits per heavy atom. The fraction of sp³-hybridized carbons (Fsp3) is 0.400. The molecule has 0 bridgehead atoms. The van der Waals surface area contributed by atoms with E-state index < -0.39 is 0 Å². The predicted molar refractivity (Wildman–Crippen MR) is 79.1 cm³/mol. The molecule has 5 nitrogen and oxygen atoms in total. The van der Waals surface area contributed by atoms with Crippen LogP contribution >= 0.6 is 0 Å². The minimum absolute atomic E-state index is 0.113. The highest BCUT2D eigenvalue weighted by molar-refractivity contribution is 5.82. The summed E-state index contributed by atoms with van der Waals surface area (Å²) in [6.07, 6.45) is 4.99. The first-order chi connectivity index (χ1) is 9.74. The van der Waals surface area contributed by atoms with Gasteiger partial charge in [0, 0.05) is 30.6 Å². The molecule has 1 aliphatic heterocycles. The molecule has 0 radical (unpaired) electrons. The van der Waals surface area contributed by atoms with Crippen molar-refractivity contribution in [2.24, 2.45) is 0 Å². The number of aromatic nitrogens is 1. The number of anilines is 1. The van der Waals surface area contributed by atoms with Gasteiger partial charge in [0.15, 0.2) is 0 Å². The first kappa shape index (κ1) is 12.8. The van der Waals surface area contributed by atoms with E-state index in [-0.39, 0.29) is 10.6 Å². The highest BCUT2D eigenvalue weighted by Gasteiger charge is 2.12. The van der Waals surface area contributed by atoms with Gasteiger partial charge in [-0.25, -0.2) is 4.98 Å². The van der Waals surface area contributed by atoms with Crippen molar-refractivity contribution >= 4 is 22.4 Å². The fourth-order valence-electron chi connectivity index (χ4n) is 2.69. The molecule has 0 amide bonds. The third kappa shape index (κ3) is 2.57. The number of fused-ring (bicyclic) bond motifs is 1. The van der Waals surface area contributed by atoms with Gasteiger partial charge in [0.25, 0.3) is 5.69 Å². The van der Waals surface area contributed by atoms with Crippen LogP contribution in [-0.4, -0.2) is 23.0 Å². The average Bonchev–Trinajstić information content (AvgIpc) is 2.75. The van der Waals surface area contributed by atoms with Crippen LogP contribution in [-0.2, 0) is 0 Å². The Morgan fingerprint density at radius 2 is 1.80 bits per heavy atom. The number of non-ortho nitro benzene ring substituents is 1. The van der Waals surface area contributed by atoms with E-state index in [0.717, 1.165) is 29.8 Å². The van der Waals surface area contributed by atoms with Crippen molar-refractivity contribution in [1.29, 1.82) is 0 Å². The van der Waals surface area contributed by atoms with Gasteiger partial charge in [-0.1, -0.05) is 12.8 Å². The maximum Gasteiger partial charge on any atom is 0.270 e. The van der Waals surface area contributed by atoms with Gasteiger partial charge < -0.3 is 4.90 Å². The van der Waals surface area contributed by atoms with Crippen LogP contribution < -0.4 is 4.90 Å². The average molecular weight is 271 g/mol. The zero-order valence-corrected chi connectivity index (χ0v) is 11.3. The van der Waals surface area contributed by atoms with E-state index in [1.807, 2.05) is 12.1 Å². The molecule has 2 heterocycles. The summed E-state index contributed by atoms with van der Waals surface area (Å²) in [4.78, 5) is 17.4. The third-order valence-corrected chi connectivity index (χ3v) is 3.80. The van der Waals surface area contributed by atoms with Gasteiger partial charge in [-0.2, -0.15) is 0 Å². The Bertz CT molecular complexity index is 634. The molecule has 1 aromatic heterocycles. The molecule has 1 aliphatic rings. The predicted octanol–water partition coefficient (Wildman–Crippen LogP) is 3.52. The van der Waals surface area contributed by atoms with E-state index in [0.29, 0.717) is 0 Å². The van der Waals surface area contributed by atoms with Crippen molar-refractivity contribution in [2.45, 2.75) is 25.7 Å². The highest BCUT2D eigenvalue weighted by Crippen LogP contribution is 2.24. The molecule has 0 atom stereocenters. The van der Waals surface area contributed by atoms with Crippen LogP contribution in [0.4, 0.5) is 11.5 Å².